The Kier molecular flexibility index (Phi) is 4.85. The van der Waals surface area contributed by atoms with Crippen LogP contribution in [-0.4, -0.2) is 35.8 Å². The van der Waals surface area contributed by atoms with Crippen molar-refractivity contribution in [3.8, 4) is 0 Å². The van der Waals surface area contributed by atoms with E-state index in [9.17, 15) is 5.11 Å². The molecule has 2 aromatic rings. The Labute approximate surface area is 129 Å². The van der Waals surface area contributed by atoms with Gasteiger partial charge in [-0.1, -0.05) is 6.07 Å². The summed E-state index contributed by atoms with van der Waals surface area (Å²) in [6.45, 7) is 2.66. The van der Waals surface area contributed by atoms with Gasteiger partial charge in [-0.15, -0.1) is 0 Å². The molecule has 1 unspecified atom stereocenters. The van der Waals surface area contributed by atoms with Crippen molar-refractivity contribution < 1.29 is 5.11 Å². The van der Waals surface area contributed by atoms with Gasteiger partial charge in [-0.05, 0) is 47.4 Å². The first-order chi connectivity index (χ1) is 10.3. The second-order valence-corrected chi connectivity index (χ2v) is 6.21. The van der Waals surface area contributed by atoms with Crippen LogP contribution in [0.2, 0.25) is 0 Å². The summed E-state index contributed by atoms with van der Waals surface area (Å²) in [5.41, 5.74) is 1.01. The van der Waals surface area contributed by atoms with Crippen molar-refractivity contribution in [2.75, 3.05) is 24.5 Å². The van der Waals surface area contributed by atoms with E-state index in [-0.39, 0.29) is 0 Å². The number of rotatable bonds is 5. The molecule has 1 aliphatic rings. The van der Waals surface area contributed by atoms with E-state index < -0.39 is 6.10 Å². The molecule has 2 N–H and O–H groups in total. The standard InChI is InChI=1S/C16H21N3OS/c20-15(13-6-10-21-12-13)11-18-14-4-8-19(9-5-14)16-3-1-2-7-17-16/h1-3,6-7,10,12,14-15,18,20H,4-5,8-9,11H2. The predicted molar refractivity (Wildman–Crippen MR) is 86.8 cm³/mol. The van der Waals surface area contributed by atoms with Gasteiger partial charge >= 0.3 is 0 Å². The number of hydrogen-bond acceptors (Lipinski definition) is 5. The van der Waals surface area contributed by atoms with Crippen molar-refractivity contribution in [3.05, 3.63) is 46.8 Å². The summed E-state index contributed by atoms with van der Waals surface area (Å²) in [7, 11) is 0. The number of aliphatic hydroxyl groups excluding tert-OH is 1. The number of nitrogens with zero attached hydrogens (tertiary/aromatic N) is 2. The highest BCUT2D eigenvalue weighted by molar-refractivity contribution is 7.07. The van der Waals surface area contributed by atoms with Crippen LogP contribution in [0.4, 0.5) is 5.82 Å². The summed E-state index contributed by atoms with van der Waals surface area (Å²) in [6.07, 6.45) is 3.63. The first-order valence-electron chi connectivity index (χ1n) is 7.42. The molecule has 5 heteroatoms. The number of anilines is 1. The fraction of sp³-hybridized carbons (Fsp3) is 0.438. The lowest BCUT2D eigenvalue weighted by Crippen LogP contribution is -2.43. The molecule has 1 atom stereocenters. The van der Waals surface area contributed by atoms with Gasteiger partial charge in [0.2, 0.25) is 0 Å². The third kappa shape index (κ3) is 3.81. The van der Waals surface area contributed by atoms with Gasteiger partial charge in [0, 0.05) is 31.9 Å². The topological polar surface area (TPSA) is 48.4 Å². The Hall–Kier alpha value is -1.43. The molecule has 1 fully saturated rings. The van der Waals surface area contributed by atoms with E-state index in [1.807, 2.05) is 35.2 Å². The third-order valence-electron chi connectivity index (χ3n) is 4.00. The van der Waals surface area contributed by atoms with E-state index in [1.165, 1.54) is 0 Å². The van der Waals surface area contributed by atoms with E-state index in [1.54, 1.807) is 11.3 Å². The second-order valence-electron chi connectivity index (χ2n) is 5.43. The molecule has 0 bridgehead atoms. The molecule has 0 amide bonds. The van der Waals surface area contributed by atoms with Gasteiger partial charge in [0.15, 0.2) is 0 Å². The fourth-order valence-corrected chi connectivity index (χ4v) is 3.42. The Morgan fingerprint density at radius 2 is 2.19 bits per heavy atom. The summed E-state index contributed by atoms with van der Waals surface area (Å²) in [4.78, 5) is 6.73. The van der Waals surface area contributed by atoms with Crippen LogP contribution < -0.4 is 10.2 Å². The Bertz CT molecular complexity index is 524. The molecular weight excluding hydrogens is 282 g/mol. The van der Waals surface area contributed by atoms with Crippen molar-refractivity contribution in [3.63, 3.8) is 0 Å². The Morgan fingerprint density at radius 3 is 2.86 bits per heavy atom. The van der Waals surface area contributed by atoms with Gasteiger partial charge in [0.25, 0.3) is 0 Å². The molecule has 0 radical (unpaired) electrons. The minimum absolute atomic E-state index is 0.398. The number of thiophene rings is 1. The molecular formula is C16H21N3OS. The van der Waals surface area contributed by atoms with Gasteiger partial charge in [-0.25, -0.2) is 4.98 Å². The molecule has 0 aromatic carbocycles. The highest BCUT2D eigenvalue weighted by Gasteiger charge is 2.20. The molecule has 3 heterocycles. The number of piperidine rings is 1. The Balaban J connectivity index is 1.44. The van der Waals surface area contributed by atoms with Crippen LogP contribution >= 0.6 is 11.3 Å². The zero-order valence-corrected chi connectivity index (χ0v) is 12.8. The summed E-state index contributed by atoms with van der Waals surface area (Å²) in [5, 5.41) is 17.6. The van der Waals surface area contributed by atoms with E-state index in [0.29, 0.717) is 12.6 Å². The summed E-state index contributed by atoms with van der Waals surface area (Å²) in [5.74, 6) is 1.06. The summed E-state index contributed by atoms with van der Waals surface area (Å²) >= 11 is 1.63. The van der Waals surface area contributed by atoms with Crippen LogP contribution in [0.15, 0.2) is 41.2 Å². The zero-order chi connectivity index (χ0) is 14.5. The average Bonchev–Trinajstić information content (AvgIpc) is 3.08. The molecule has 0 spiro atoms. The lowest BCUT2D eigenvalue weighted by Gasteiger charge is -2.33. The predicted octanol–water partition coefficient (Wildman–Crippen LogP) is 2.44. The molecule has 4 nitrogen and oxygen atoms in total. The highest BCUT2D eigenvalue weighted by atomic mass is 32.1. The lowest BCUT2D eigenvalue weighted by atomic mass is 10.0. The average molecular weight is 303 g/mol. The smallest absolute Gasteiger partial charge is 0.128 e. The maximum absolute atomic E-state index is 10.1. The normalized spacial score (nSPS) is 17.9. The van der Waals surface area contributed by atoms with E-state index >= 15 is 0 Å². The maximum Gasteiger partial charge on any atom is 0.128 e. The minimum atomic E-state index is -0.398. The second kappa shape index (κ2) is 7.02. The van der Waals surface area contributed by atoms with E-state index in [2.05, 4.69) is 21.3 Å². The van der Waals surface area contributed by atoms with Crippen LogP contribution in [0.3, 0.4) is 0 Å². The first-order valence-corrected chi connectivity index (χ1v) is 8.37. The zero-order valence-electron chi connectivity index (χ0n) is 12.0. The van der Waals surface area contributed by atoms with Gasteiger partial charge in [0.1, 0.15) is 5.82 Å². The number of nitrogens with one attached hydrogen (secondary N) is 1. The largest absolute Gasteiger partial charge is 0.387 e. The maximum atomic E-state index is 10.1. The SMILES string of the molecule is OC(CNC1CCN(c2ccccn2)CC1)c1ccsc1. The number of aromatic nitrogens is 1. The monoisotopic (exact) mass is 303 g/mol. The fourth-order valence-electron chi connectivity index (χ4n) is 2.71. The van der Waals surface area contributed by atoms with Crippen LogP contribution in [0.25, 0.3) is 0 Å². The van der Waals surface area contributed by atoms with E-state index in [4.69, 9.17) is 0 Å². The van der Waals surface area contributed by atoms with Crippen LogP contribution in [-0.2, 0) is 0 Å². The summed E-state index contributed by atoms with van der Waals surface area (Å²) in [6, 6.07) is 8.51. The van der Waals surface area contributed by atoms with Crippen molar-refractivity contribution in [2.45, 2.75) is 25.0 Å². The van der Waals surface area contributed by atoms with Crippen molar-refractivity contribution in [1.82, 2.24) is 10.3 Å². The van der Waals surface area contributed by atoms with Crippen molar-refractivity contribution >= 4 is 17.2 Å². The third-order valence-corrected chi connectivity index (χ3v) is 4.70. The van der Waals surface area contributed by atoms with Gasteiger partial charge in [0.05, 0.1) is 6.10 Å². The molecule has 21 heavy (non-hydrogen) atoms. The molecule has 0 saturated carbocycles. The van der Waals surface area contributed by atoms with E-state index in [0.717, 1.165) is 37.3 Å². The summed E-state index contributed by atoms with van der Waals surface area (Å²) < 4.78 is 0. The van der Waals surface area contributed by atoms with Gasteiger partial charge in [-0.3, -0.25) is 0 Å². The minimum Gasteiger partial charge on any atom is -0.387 e. The van der Waals surface area contributed by atoms with Crippen molar-refractivity contribution in [1.29, 1.82) is 0 Å². The molecule has 3 rings (SSSR count). The van der Waals surface area contributed by atoms with Crippen LogP contribution in [0.5, 0.6) is 0 Å². The van der Waals surface area contributed by atoms with Crippen LogP contribution in [0.1, 0.15) is 24.5 Å². The highest BCUT2D eigenvalue weighted by Crippen LogP contribution is 2.19. The first kappa shape index (κ1) is 14.5. The number of pyridine rings is 1. The molecule has 1 aliphatic heterocycles. The Morgan fingerprint density at radius 1 is 1.33 bits per heavy atom. The quantitative estimate of drug-likeness (QED) is 0.891. The van der Waals surface area contributed by atoms with Gasteiger partial charge < -0.3 is 15.3 Å². The lowest BCUT2D eigenvalue weighted by molar-refractivity contribution is 0.167. The van der Waals surface area contributed by atoms with Crippen molar-refractivity contribution in [2.24, 2.45) is 0 Å². The molecule has 0 aliphatic carbocycles. The van der Waals surface area contributed by atoms with Gasteiger partial charge in [-0.2, -0.15) is 11.3 Å². The molecule has 1 saturated heterocycles. The number of aliphatic hydroxyl groups is 1. The number of hydrogen-bond donors (Lipinski definition) is 2. The molecule has 2 aromatic heterocycles. The van der Waals surface area contributed by atoms with Crippen LogP contribution in [0, 0.1) is 0 Å². The molecule has 112 valence electrons.